The average Bonchev–Trinajstić information content (AvgIpc) is 2.96. The van der Waals surface area contributed by atoms with Gasteiger partial charge < -0.3 is 4.74 Å². The Morgan fingerprint density at radius 3 is 2.73 bits per heavy atom. The van der Waals surface area contributed by atoms with Crippen LogP contribution in [-0.4, -0.2) is 33.7 Å². The lowest BCUT2D eigenvalue weighted by atomic mass is 10.1. The van der Waals surface area contributed by atoms with E-state index in [1.165, 1.54) is 4.90 Å². The zero-order valence-electron chi connectivity index (χ0n) is 14.2. The molecule has 26 heavy (non-hydrogen) atoms. The largest absolute Gasteiger partial charge is 0.443 e. The summed E-state index contributed by atoms with van der Waals surface area (Å²) in [6, 6.07) is 14.2. The number of aryl methyl sites for hydroxylation is 1. The number of nitrogens with one attached hydrogen (secondary N) is 1. The Morgan fingerprint density at radius 1 is 1.23 bits per heavy atom. The highest BCUT2D eigenvalue weighted by atomic mass is 35.5. The summed E-state index contributed by atoms with van der Waals surface area (Å²) >= 11 is 5.95. The molecule has 1 aliphatic rings. The van der Waals surface area contributed by atoms with E-state index in [1.807, 2.05) is 19.1 Å². The van der Waals surface area contributed by atoms with Crippen molar-refractivity contribution in [3.05, 3.63) is 64.7 Å². The van der Waals surface area contributed by atoms with Crippen molar-refractivity contribution in [2.45, 2.75) is 18.8 Å². The topological polar surface area (TPSA) is 75.7 Å². The molecular weight excluding hydrogens is 376 g/mol. The van der Waals surface area contributed by atoms with E-state index < -0.39 is 22.2 Å². The quantitative estimate of drug-likeness (QED) is 0.816. The summed E-state index contributed by atoms with van der Waals surface area (Å²) in [6.45, 7) is 2.15. The van der Waals surface area contributed by atoms with Crippen LogP contribution in [0.5, 0.6) is 0 Å². The van der Waals surface area contributed by atoms with Crippen LogP contribution in [0.25, 0.3) is 0 Å². The highest BCUT2D eigenvalue weighted by Crippen LogP contribution is 2.24. The molecule has 0 aromatic heterocycles. The summed E-state index contributed by atoms with van der Waals surface area (Å²) in [5.41, 5.74) is 2.27. The highest BCUT2D eigenvalue weighted by molar-refractivity contribution is 7.88. The number of hydrogen-bond acceptors (Lipinski definition) is 4. The number of halogens is 1. The number of sulfonamides is 1. The normalized spacial score (nSPS) is 17.4. The molecule has 1 aliphatic heterocycles. The maximum absolute atomic E-state index is 12.3. The zero-order chi connectivity index (χ0) is 18.7. The van der Waals surface area contributed by atoms with Crippen LogP contribution in [0.4, 0.5) is 10.5 Å². The third kappa shape index (κ3) is 4.55. The Labute approximate surface area is 157 Å². The third-order valence-corrected chi connectivity index (χ3v) is 5.66. The van der Waals surface area contributed by atoms with E-state index in [0.29, 0.717) is 10.7 Å². The van der Waals surface area contributed by atoms with E-state index in [2.05, 4.69) is 4.72 Å². The minimum absolute atomic E-state index is 0.0248. The second-order valence-corrected chi connectivity index (χ2v) is 8.37. The van der Waals surface area contributed by atoms with Gasteiger partial charge in [0.15, 0.2) is 0 Å². The van der Waals surface area contributed by atoms with E-state index in [-0.39, 0.29) is 18.8 Å². The highest BCUT2D eigenvalue weighted by Gasteiger charge is 2.33. The number of rotatable bonds is 6. The van der Waals surface area contributed by atoms with Gasteiger partial charge in [-0.05, 0) is 36.2 Å². The van der Waals surface area contributed by atoms with E-state index in [0.717, 1.165) is 11.1 Å². The van der Waals surface area contributed by atoms with Gasteiger partial charge in [0.2, 0.25) is 10.0 Å². The van der Waals surface area contributed by atoms with Crippen molar-refractivity contribution in [3.8, 4) is 0 Å². The summed E-state index contributed by atoms with van der Waals surface area (Å²) in [5.74, 6) is -0.113. The molecule has 1 fully saturated rings. The van der Waals surface area contributed by atoms with Crippen LogP contribution in [0.2, 0.25) is 5.02 Å². The first-order valence-corrected chi connectivity index (χ1v) is 10.1. The second-order valence-electron chi connectivity index (χ2n) is 6.13. The molecule has 0 radical (unpaired) electrons. The Bertz CT molecular complexity index is 917. The maximum atomic E-state index is 12.3. The van der Waals surface area contributed by atoms with Crippen molar-refractivity contribution in [1.29, 1.82) is 0 Å². The first-order chi connectivity index (χ1) is 12.3. The zero-order valence-corrected chi connectivity index (χ0v) is 15.8. The first kappa shape index (κ1) is 18.7. The number of carbonyl (C=O) groups is 1. The van der Waals surface area contributed by atoms with E-state index >= 15 is 0 Å². The number of carbonyl (C=O) groups excluding carboxylic acids is 1. The standard InChI is InChI=1S/C18H19ClN2O4S/c1-13-5-2-3-6-14(13)12-26(23,24)20-10-17-11-21(18(22)25-17)16-8-4-7-15(19)9-16/h2-9,17,20H,10-12H2,1H3. The average molecular weight is 395 g/mol. The number of benzene rings is 2. The van der Waals surface area contributed by atoms with Crippen molar-refractivity contribution in [2.75, 3.05) is 18.0 Å². The second kappa shape index (κ2) is 7.65. The van der Waals surface area contributed by atoms with Gasteiger partial charge in [-0.2, -0.15) is 0 Å². The van der Waals surface area contributed by atoms with Gasteiger partial charge in [-0.15, -0.1) is 0 Å². The minimum Gasteiger partial charge on any atom is -0.443 e. The molecule has 1 N–H and O–H groups in total. The third-order valence-electron chi connectivity index (χ3n) is 4.13. The Balaban J connectivity index is 1.60. The molecule has 138 valence electrons. The molecular formula is C18H19ClN2O4S. The van der Waals surface area contributed by atoms with E-state index in [4.69, 9.17) is 16.3 Å². The number of ether oxygens (including phenoxy) is 1. The van der Waals surface area contributed by atoms with Gasteiger partial charge in [0.1, 0.15) is 6.10 Å². The summed E-state index contributed by atoms with van der Waals surface area (Å²) in [4.78, 5) is 13.5. The lowest BCUT2D eigenvalue weighted by molar-refractivity contribution is 0.143. The molecule has 6 nitrogen and oxygen atoms in total. The van der Waals surface area contributed by atoms with Gasteiger partial charge in [0, 0.05) is 17.3 Å². The van der Waals surface area contributed by atoms with Gasteiger partial charge in [-0.1, -0.05) is 41.9 Å². The summed E-state index contributed by atoms with van der Waals surface area (Å²) < 4.78 is 32.4. The van der Waals surface area contributed by atoms with Crippen molar-refractivity contribution >= 4 is 33.4 Å². The van der Waals surface area contributed by atoms with Crippen molar-refractivity contribution < 1.29 is 17.9 Å². The Kier molecular flexibility index (Phi) is 5.50. The van der Waals surface area contributed by atoms with Crippen molar-refractivity contribution in [3.63, 3.8) is 0 Å². The number of hydrogen-bond donors (Lipinski definition) is 1. The fourth-order valence-corrected chi connectivity index (χ4v) is 4.19. The molecule has 1 atom stereocenters. The fourth-order valence-electron chi connectivity index (χ4n) is 2.73. The summed E-state index contributed by atoms with van der Waals surface area (Å²) in [7, 11) is -3.53. The fraction of sp³-hybridized carbons (Fsp3) is 0.278. The molecule has 3 rings (SSSR count). The van der Waals surface area contributed by atoms with Gasteiger partial charge in [0.25, 0.3) is 0 Å². The number of nitrogens with zero attached hydrogens (tertiary/aromatic N) is 1. The summed E-state index contributed by atoms with van der Waals surface area (Å²) in [6.07, 6.45) is -1.08. The SMILES string of the molecule is Cc1ccccc1CS(=O)(=O)NCC1CN(c2cccc(Cl)c2)C(=O)O1. The maximum Gasteiger partial charge on any atom is 0.414 e. The lowest BCUT2D eigenvalue weighted by Crippen LogP contribution is -2.35. The van der Waals surface area contributed by atoms with Gasteiger partial charge in [-0.25, -0.2) is 17.9 Å². The van der Waals surface area contributed by atoms with Crippen LogP contribution in [0.3, 0.4) is 0 Å². The Hall–Kier alpha value is -2.09. The van der Waals surface area contributed by atoms with Gasteiger partial charge >= 0.3 is 6.09 Å². The predicted octanol–water partition coefficient (Wildman–Crippen LogP) is 3.09. The van der Waals surface area contributed by atoms with E-state index in [9.17, 15) is 13.2 Å². The van der Waals surface area contributed by atoms with Crippen molar-refractivity contribution in [2.24, 2.45) is 0 Å². The van der Waals surface area contributed by atoms with Crippen LogP contribution in [0.15, 0.2) is 48.5 Å². The van der Waals surface area contributed by atoms with Crippen LogP contribution >= 0.6 is 11.6 Å². The molecule has 0 saturated carbocycles. The molecule has 1 unspecified atom stereocenters. The van der Waals surface area contributed by atoms with Crippen LogP contribution in [0, 0.1) is 6.92 Å². The van der Waals surface area contributed by atoms with Gasteiger partial charge in [0.05, 0.1) is 12.3 Å². The molecule has 1 saturated heterocycles. The molecule has 8 heteroatoms. The molecule has 0 aliphatic carbocycles. The van der Waals surface area contributed by atoms with Crippen molar-refractivity contribution in [1.82, 2.24) is 4.72 Å². The minimum atomic E-state index is -3.53. The smallest absolute Gasteiger partial charge is 0.414 e. The van der Waals surface area contributed by atoms with Crippen LogP contribution in [-0.2, 0) is 20.5 Å². The van der Waals surface area contributed by atoms with Gasteiger partial charge in [-0.3, -0.25) is 4.90 Å². The molecule has 1 heterocycles. The molecule has 0 bridgehead atoms. The molecule has 0 spiro atoms. The summed E-state index contributed by atoms with van der Waals surface area (Å²) in [5, 5.41) is 0.512. The van der Waals surface area contributed by atoms with Crippen LogP contribution < -0.4 is 9.62 Å². The lowest BCUT2D eigenvalue weighted by Gasteiger charge is -2.13. The monoisotopic (exact) mass is 394 g/mol. The number of amides is 1. The Morgan fingerprint density at radius 2 is 2.00 bits per heavy atom. The molecule has 2 aromatic rings. The number of anilines is 1. The predicted molar refractivity (Wildman–Crippen MR) is 101 cm³/mol. The molecule has 2 aromatic carbocycles. The van der Waals surface area contributed by atoms with Crippen LogP contribution in [0.1, 0.15) is 11.1 Å². The number of cyclic esters (lactones) is 1. The van der Waals surface area contributed by atoms with E-state index in [1.54, 1.807) is 36.4 Å². The first-order valence-electron chi connectivity index (χ1n) is 8.09. The molecule has 1 amide bonds.